The van der Waals surface area contributed by atoms with E-state index in [9.17, 15) is 14.4 Å². The highest BCUT2D eigenvalue weighted by Crippen LogP contribution is 2.21. The Morgan fingerprint density at radius 1 is 1.07 bits per heavy atom. The Kier molecular flexibility index (Phi) is 8.22. The highest BCUT2D eigenvalue weighted by molar-refractivity contribution is 9.10. The largest absolute Gasteiger partial charge is 0.340 e. The second kappa shape index (κ2) is 10.4. The van der Waals surface area contributed by atoms with Gasteiger partial charge in [-0.3, -0.25) is 14.4 Å². The third kappa shape index (κ3) is 6.58. The first-order chi connectivity index (χ1) is 13.7. The summed E-state index contributed by atoms with van der Waals surface area (Å²) in [5, 5.41) is 6.03. The van der Waals surface area contributed by atoms with E-state index >= 15 is 0 Å². The number of likely N-dealkylation sites (N-methyl/N-ethyl adjacent to an activating group) is 1. The number of rotatable bonds is 7. The third-order valence-electron chi connectivity index (χ3n) is 4.23. The molecule has 0 saturated heterocycles. The molecular weight excluding hydrogens is 458 g/mol. The summed E-state index contributed by atoms with van der Waals surface area (Å²) < 4.78 is 0.748. The van der Waals surface area contributed by atoms with Crippen LogP contribution in [0.4, 0.5) is 5.69 Å². The molecule has 2 rings (SSSR count). The van der Waals surface area contributed by atoms with Gasteiger partial charge in [0.15, 0.2) is 0 Å². The van der Waals surface area contributed by atoms with Crippen LogP contribution in [-0.2, 0) is 9.59 Å². The van der Waals surface area contributed by atoms with Crippen LogP contribution in [0.1, 0.15) is 24.2 Å². The van der Waals surface area contributed by atoms with E-state index in [1.807, 2.05) is 26.0 Å². The number of amides is 3. The van der Waals surface area contributed by atoms with Gasteiger partial charge in [-0.25, -0.2) is 0 Å². The molecule has 0 aliphatic carbocycles. The lowest BCUT2D eigenvalue weighted by molar-refractivity contribution is -0.135. The van der Waals surface area contributed by atoms with Crippen molar-refractivity contribution in [3.63, 3.8) is 0 Å². The lowest BCUT2D eigenvalue weighted by Crippen LogP contribution is -2.51. The van der Waals surface area contributed by atoms with Crippen LogP contribution in [0.25, 0.3) is 0 Å². The van der Waals surface area contributed by atoms with Gasteiger partial charge in [0.25, 0.3) is 5.91 Å². The summed E-state index contributed by atoms with van der Waals surface area (Å²) in [7, 11) is 1.53. The number of hydrogen-bond acceptors (Lipinski definition) is 3. The van der Waals surface area contributed by atoms with E-state index in [1.54, 1.807) is 36.4 Å². The Morgan fingerprint density at radius 3 is 2.28 bits per heavy atom. The Labute approximate surface area is 183 Å². The van der Waals surface area contributed by atoms with E-state index in [4.69, 9.17) is 11.6 Å². The second-order valence-electron chi connectivity index (χ2n) is 6.92. The lowest BCUT2D eigenvalue weighted by atomic mass is 10.0. The van der Waals surface area contributed by atoms with Gasteiger partial charge in [0.2, 0.25) is 11.8 Å². The molecule has 0 spiro atoms. The number of nitrogens with one attached hydrogen (secondary N) is 2. The predicted octanol–water partition coefficient (Wildman–Crippen LogP) is 3.95. The maximum Gasteiger partial charge on any atom is 0.251 e. The summed E-state index contributed by atoms with van der Waals surface area (Å²) in [5.41, 5.74) is 1.02. The highest BCUT2D eigenvalue weighted by Gasteiger charge is 2.28. The first kappa shape index (κ1) is 22.9. The average molecular weight is 481 g/mol. The van der Waals surface area contributed by atoms with Crippen LogP contribution in [0.3, 0.4) is 0 Å². The summed E-state index contributed by atoms with van der Waals surface area (Å²) in [5.74, 6) is -1.21. The molecule has 2 aromatic rings. The highest BCUT2D eigenvalue weighted by atomic mass is 79.9. The molecule has 8 heteroatoms. The summed E-state index contributed by atoms with van der Waals surface area (Å²) in [6.07, 6.45) is 0. The van der Waals surface area contributed by atoms with Crippen molar-refractivity contribution in [3.8, 4) is 0 Å². The molecule has 0 aromatic heterocycles. The van der Waals surface area contributed by atoms with Crippen LogP contribution in [0, 0.1) is 5.92 Å². The molecule has 6 nitrogen and oxygen atoms in total. The first-order valence-corrected chi connectivity index (χ1v) is 10.2. The predicted molar refractivity (Wildman–Crippen MR) is 118 cm³/mol. The van der Waals surface area contributed by atoms with Crippen LogP contribution in [0.5, 0.6) is 0 Å². The number of para-hydroxylation sites is 1. The van der Waals surface area contributed by atoms with Gasteiger partial charge in [-0.15, -0.1) is 0 Å². The molecule has 1 unspecified atom stereocenters. The number of nitrogens with zero attached hydrogens (tertiary/aromatic N) is 1. The third-order valence-corrected chi connectivity index (χ3v) is 5.17. The van der Waals surface area contributed by atoms with Crippen LogP contribution in [-0.4, -0.2) is 42.3 Å². The van der Waals surface area contributed by atoms with Crippen molar-refractivity contribution in [3.05, 3.63) is 63.6 Å². The van der Waals surface area contributed by atoms with E-state index < -0.39 is 6.04 Å². The summed E-state index contributed by atoms with van der Waals surface area (Å²) in [6, 6.07) is 12.9. The molecule has 29 heavy (non-hydrogen) atoms. The van der Waals surface area contributed by atoms with Gasteiger partial charge in [-0.1, -0.05) is 37.6 Å². The molecule has 0 radical (unpaired) electrons. The molecule has 1 atom stereocenters. The number of benzene rings is 2. The molecule has 0 heterocycles. The maximum atomic E-state index is 12.9. The number of carbonyl (C=O) groups is 3. The Bertz CT molecular complexity index is 887. The van der Waals surface area contributed by atoms with Crippen molar-refractivity contribution in [2.75, 3.05) is 18.9 Å². The minimum Gasteiger partial charge on any atom is -0.340 e. The van der Waals surface area contributed by atoms with Crippen molar-refractivity contribution in [1.82, 2.24) is 10.2 Å². The molecular formula is C21H23BrClN3O3. The fourth-order valence-corrected chi connectivity index (χ4v) is 3.13. The van der Waals surface area contributed by atoms with E-state index in [2.05, 4.69) is 26.6 Å². The first-order valence-electron chi connectivity index (χ1n) is 9.05. The second-order valence-corrected chi connectivity index (χ2v) is 8.22. The van der Waals surface area contributed by atoms with Crippen LogP contribution >= 0.6 is 27.5 Å². The fraction of sp³-hybridized carbons (Fsp3) is 0.286. The smallest absolute Gasteiger partial charge is 0.251 e. The van der Waals surface area contributed by atoms with Crippen LogP contribution in [0.15, 0.2) is 53.0 Å². The quantitative estimate of drug-likeness (QED) is 0.630. The summed E-state index contributed by atoms with van der Waals surface area (Å²) in [6.45, 7) is 3.53. The SMILES string of the molecule is CC(C)C(NC(=O)c1ccc(Cl)cc1)C(=O)N(C)CC(=O)Nc1ccccc1Br. The summed E-state index contributed by atoms with van der Waals surface area (Å²) >= 11 is 9.21. The molecule has 0 bridgehead atoms. The van der Waals surface area contributed by atoms with Crippen molar-refractivity contribution in [2.45, 2.75) is 19.9 Å². The van der Waals surface area contributed by atoms with Crippen LogP contribution in [0.2, 0.25) is 5.02 Å². The molecule has 0 fully saturated rings. The van der Waals surface area contributed by atoms with Crippen molar-refractivity contribution >= 4 is 50.9 Å². The zero-order chi connectivity index (χ0) is 21.6. The van der Waals surface area contributed by atoms with Crippen molar-refractivity contribution < 1.29 is 14.4 Å². The van der Waals surface area contributed by atoms with Gasteiger partial charge in [0.05, 0.1) is 12.2 Å². The van der Waals surface area contributed by atoms with E-state index in [0.29, 0.717) is 16.3 Å². The standard InChI is InChI=1S/C21H23BrClN3O3/c1-13(2)19(25-20(28)14-8-10-15(23)11-9-14)21(29)26(3)12-18(27)24-17-7-5-4-6-16(17)22/h4-11,13,19H,12H2,1-3H3,(H,24,27)(H,25,28). The van der Waals surface area contributed by atoms with Gasteiger partial charge in [0.1, 0.15) is 6.04 Å². The summed E-state index contributed by atoms with van der Waals surface area (Å²) in [4.78, 5) is 39.0. The topological polar surface area (TPSA) is 78.5 Å². The average Bonchev–Trinajstić information content (AvgIpc) is 2.67. The van der Waals surface area contributed by atoms with Gasteiger partial charge in [-0.2, -0.15) is 0 Å². The zero-order valence-corrected chi connectivity index (χ0v) is 18.8. The number of hydrogen-bond donors (Lipinski definition) is 2. The Balaban J connectivity index is 2.01. The van der Waals surface area contributed by atoms with Crippen molar-refractivity contribution in [2.24, 2.45) is 5.92 Å². The molecule has 2 N–H and O–H groups in total. The zero-order valence-electron chi connectivity index (χ0n) is 16.4. The molecule has 0 saturated carbocycles. The Morgan fingerprint density at radius 2 is 1.69 bits per heavy atom. The van der Waals surface area contributed by atoms with Crippen LogP contribution < -0.4 is 10.6 Å². The normalized spacial score (nSPS) is 11.7. The molecule has 3 amide bonds. The number of halogens is 2. The minimum absolute atomic E-state index is 0.139. The molecule has 0 aliphatic rings. The van der Waals surface area contributed by atoms with Gasteiger partial charge < -0.3 is 15.5 Å². The number of carbonyl (C=O) groups excluding carboxylic acids is 3. The monoisotopic (exact) mass is 479 g/mol. The van der Waals surface area contributed by atoms with Gasteiger partial charge in [0, 0.05) is 22.1 Å². The van der Waals surface area contributed by atoms with Gasteiger partial charge in [-0.05, 0) is 58.2 Å². The van der Waals surface area contributed by atoms with E-state index in [-0.39, 0.29) is 30.2 Å². The van der Waals surface area contributed by atoms with E-state index in [0.717, 1.165) is 4.47 Å². The van der Waals surface area contributed by atoms with Crippen molar-refractivity contribution in [1.29, 1.82) is 0 Å². The molecule has 0 aliphatic heterocycles. The van der Waals surface area contributed by atoms with E-state index in [1.165, 1.54) is 11.9 Å². The molecule has 2 aromatic carbocycles. The fourth-order valence-electron chi connectivity index (χ4n) is 2.62. The maximum absolute atomic E-state index is 12.9. The van der Waals surface area contributed by atoms with Gasteiger partial charge >= 0.3 is 0 Å². The molecule has 154 valence electrons. The minimum atomic E-state index is -0.764. The number of anilines is 1. The Hall–Kier alpha value is -2.38. The lowest BCUT2D eigenvalue weighted by Gasteiger charge is -2.27.